The Morgan fingerprint density at radius 3 is 2.71 bits per heavy atom. The number of aromatic nitrogens is 1. The molecule has 7 heteroatoms. The number of piperidine rings is 1. The topological polar surface area (TPSA) is 91.8 Å². The van der Waals surface area contributed by atoms with Gasteiger partial charge in [-0.2, -0.15) is 4.98 Å². The number of carbonyl (C=O) groups excluding carboxylic acids is 1. The predicted octanol–water partition coefficient (Wildman–Crippen LogP) is 3.23. The van der Waals surface area contributed by atoms with E-state index in [1.165, 1.54) is 6.42 Å². The number of carboxylic acid groups (broad SMARTS) is 1. The Hall–Kier alpha value is -2.31. The SMILES string of the molecule is CCOc1nc(N2CCC[C@@H](CC(=O)O)C2)ccc1C(=O)NC1CCCCC1. The molecule has 2 fully saturated rings. The van der Waals surface area contributed by atoms with E-state index in [0.717, 1.165) is 50.9 Å². The first kappa shape index (κ1) is 20.4. The lowest BCUT2D eigenvalue weighted by molar-refractivity contribution is -0.138. The van der Waals surface area contributed by atoms with Crippen molar-refractivity contribution in [3.8, 4) is 5.88 Å². The number of aliphatic carboxylic acids is 1. The summed E-state index contributed by atoms with van der Waals surface area (Å²) in [5.74, 6) is 0.334. The van der Waals surface area contributed by atoms with Crippen LogP contribution in [0, 0.1) is 5.92 Å². The molecule has 1 amide bonds. The van der Waals surface area contributed by atoms with Crippen LogP contribution in [0.5, 0.6) is 5.88 Å². The van der Waals surface area contributed by atoms with Crippen LogP contribution < -0.4 is 15.0 Å². The van der Waals surface area contributed by atoms with Crippen molar-refractivity contribution in [2.24, 2.45) is 5.92 Å². The van der Waals surface area contributed by atoms with Crippen LogP contribution in [0.4, 0.5) is 5.82 Å². The van der Waals surface area contributed by atoms with Gasteiger partial charge in [0.2, 0.25) is 5.88 Å². The van der Waals surface area contributed by atoms with Gasteiger partial charge in [0.15, 0.2) is 0 Å². The number of anilines is 1. The van der Waals surface area contributed by atoms with Crippen molar-refractivity contribution < 1.29 is 19.4 Å². The molecule has 1 aromatic heterocycles. The third-order valence-electron chi connectivity index (χ3n) is 5.62. The second-order valence-corrected chi connectivity index (χ2v) is 7.82. The van der Waals surface area contributed by atoms with Crippen molar-refractivity contribution in [3.63, 3.8) is 0 Å². The van der Waals surface area contributed by atoms with E-state index in [4.69, 9.17) is 9.84 Å². The summed E-state index contributed by atoms with van der Waals surface area (Å²) in [6.07, 6.45) is 7.65. The molecule has 0 radical (unpaired) electrons. The van der Waals surface area contributed by atoms with Gasteiger partial charge in [0.05, 0.1) is 6.61 Å². The minimum atomic E-state index is -0.760. The van der Waals surface area contributed by atoms with Crippen molar-refractivity contribution >= 4 is 17.7 Å². The molecule has 1 aliphatic carbocycles. The maximum absolute atomic E-state index is 12.8. The Balaban J connectivity index is 1.72. The number of pyridine rings is 1. The first-order chi connectivity index (χ1) is 13.6. The monoisotopic (exact) mass is 389 g/mol. The Morgan fingerprint density at radius 1 is 1.21 bits per heavy atom. The van der Waals surface area contributed by atoms with Gasteiger partial charge in [-0.3, -0.25) is 9.59 Å². The van der Waals surface area contributed by atoms with Gasteiger partial charge in [0.25, 0.3) is 5.91 Å². The summed E-state index contributed by atoms with van der Waals surface area (Å²) in [7, 11) is 0. The lowest BCUT2D eigenvalue weighted by Gasteiger charge is -2.33. The molecular weight excluding hydrogens is 358 g/mol. The molecule has 28 heavy (non-hydrogen) atoms. The molecule has 1 aromatic rings. The molecule has 0 bridgehead atoms. The minimum absolute atomic E-state index is 0.123. The molecule has 1 aliphatic heterocycles. The number of nitrogens with one attached hydrogen (secondary N) is 1. The Labute approximate surface area is 166 Å². The molecule has 0 aromatic carbocycles. The minimum Gasteiger partial charge on any atom is -0.481 e. The molecule has 3 rings (SSSR count). The van der Waals surface area contributed by atoms with Crippen LogP contribution in [0.25, 0.3) is 0 Å². The number of nitrogens with zero attached hydrogens (tertiary/aromatic N) is 2. The average Bonchev–Trinajstić information content (AvgIpc) is 2.68. The van der Waals surface area contributed by atoms with E-state index < -0.39 is 5.97 Å². The van der Waals surface area contributed by atoms with E-state index in [-0.39, 0.29) is 24.3 Å². The summed E-state index contributed by atoms with van der Waals surface area (Å²) in [6, 6.07) is 3.86. The Kier molecular flexibility index (Phi) is 7.12. The van der Waals surface area contributed by atoms with Crippen LogP contribution in [0.15, 0.2) is 12.1 Å². The van der Waals surface area contributed by atoms with Gasteiger partial charge in [0, 0.05) is 25.6 Å². The lowest BCUT2D eigenvalue weighted by atomic mass is 9.95. The van der Waals surface area contributed by atoms with E-state index >= 15 is 0 Å². The van der Waals surface area contributed by atoms with Crippen molar-refractivity contribution in [2.75, 3.05) is 24.6 Å². The number of amides is 1. The van der Waals surface area contributed by atoms with Gasteiger partial charge < -0.3 is 20.1 Å². The summed E-state index contributed by atoms with van der Waals surface area (Å²) in [4.78, 5) is 30.5. The first-order valence-corrected chi connectivity index (χ1v) is 10.5. The maximum atomic E-state index is 12.8. The Morgan fingerprint density at radius 2 is 2.00 bits per heavy atom. The number of rotatable bonds is 7. The highest BCUT2D eigenvalue weighted by Crippen LogP contribution is 2.27. The lowest BCUT2D eigenvalue weighted by Crippen LogP contribution is -2.37. The normalized spacial score (nSPS) is 20.6. The van der Waals surface area contributed by atoms with Crippen LogP contribution in [-0.2, 0) is 4.79 Å². The van der Waals surface area contributed by atoms with Crippen LogP contribution in [0.1, 0.15) is 68.6 Å². The fraction of sp³-hybridized carbons (Fsp3) is 0.667. The molecule has 154 valence electrons. The molecule has 1 saturated heterocycles. The zero-order chi connectivity index (χ0) is 19.9. The second kappa shape index (κ2) is 9.75. The van der Waals surface area contributed by atoms with Crippen LogP contribution in [-0.4, -0.2) is 47.7 Å². The molecule has 1 atom stereocenters. The molecule has 0 spiro atoms. The third kappa shape index (κ3) is 5.36. The van der Waals surface area contributed by atoms with E-state index in [0.29, 0.717) is 24.6 Å². The van der Waals surface area contributed by atoms with Crippen molar-refractivity contribution in [2.45, 2.75) is 64.3 Å². The fourth-order valence-corrected chi connectivity index (χ4v) is 4.22. The largest absolute Gasteiger partial charge is 0.481 e. The summed E-state index contributed by atoms with van der Waals surface area (Å²) in [5.41, 5.74) is 0.468. The van der Waals surface area contributed by atoms with Gasteiger partial charge in [0.1, 0.15) is 11.4 Å². The quantitative estimate of drug-likeness (QED) is 0.744. The number of carboxylic acids is 1. The highest BCUT2D eigenvalue weighted by atomic mass is 16.5. The van der Waals surface area contributed by atoms with Crippen LogP contribution >= 0.6 is 0 Å². The summed E-state index contributed by atoms with van der Waals surface area (Å²) in [6.45, 7) is 3.81. The van der Waals surface area contributed by atoms with Crippen molar-refractivity contribution in [1.82, 2.24) is 10.3 Å². The maximum Gasteiger partial charge on any atom is 0.303 e. The highest BCUT2D eigenvalue weighted by molar-refractivity contribution is 5.96. The molecule has 2 heterocycles. The van der Waals surface area contributed by atoms with E-state index in [1.54, 1.807) is 6.07 Å². The van der Waals surface area contributed by atoms with Gasteiger partial charge in [-0.25, -0.2) is 0 Å². The van der Waals surface area contributed by atoms with Gasteiger partial charge in [-0.05, 0) is 50.7 Å². The second-order valence-electron chi connectivity index (χ2n) is 7.82. The molecule has 1 saturated carbocycles. The Bertz CT molecular complexity index is 688. The predicted molar refractivity (Wildman–Crippen MR) is 107 cm³/mol. The highest BCUT2D eigenvalue weighted by Gasteiger charge is 2.25. The third-order valence-corrected chi connectivity index (χ3v) is 5.62. The van der Waals surface area contributed by atoms with Gasteiger partial charge in [-0.1, -0.05) is 19.3 Å². The molecule has 2 aliphatic rings. The number of hydrogen-bond acceptors (Lipinski definition) is 5. The molecule has 0 unspecified atom stereocenters. The van der Waals surface area contributed by atoms with E-state index in [1.807, 2.05) is 13.0 Å². The van der Waals surface area contributed by atoms with Crippen molar-refractivity contribution in [1.29, 1.82) is 0 Å². The first-order valence-electron chi connectivity index (χ1n) is 10.5. The molecule has 2 N–H and O–H groups in total. The van der Waals surface area contributed by atoms with E-state index in [9.17, 15) is 9.59 Å². The zero-order valence-corrected chi connectivity index (χ0v) is 16.7. The zero-order valence-electron chi connectivity index (χ0n) is 16.7. The summed E-state index contributed by atoms with van der Waals surface area (Å²) >= 11 is 0. The van der Waals surface area contributed by atoms with Crippen molar-refractivity contribution in [3.05, 3.63) is 17.7 Å². The van der Waals surface area contributed by atoms with Gasteiger partial charge >= 0.3 is 5.97 Å². The van der Waals surface area contributed by atoms with Crippen LogP contribution in [0.2, 0.25) is 0 Å². The fourth-order valence-electron chi connectivity index (χ4n) is 4.22. The smallest absolute Gasteiger partial charge is 0.303 e. The summed E-state index contributed by atoms with van der Waals surface area (Å²) < 4.78 is 5.68. The standard InChI is InChI=1S/C21H31N3O4/c1-2-28-21-17(20(27)22-16-8-4-3-5-9-16)10-11-18(23-21)24-12-6-7-15(14-24)13-19(25)26/h10-11,15-16H,2-9,12-14H2,1H3,(H,22,27)(H,25,26)/t15-/m0/s1. The average molecular weight is 389 g/mol. The van der Waals surface area contributed by atoms with E-state index in [2.05, 4.69) is 15.2 Å². The van der Waals surface area contributed by atoms with Gasteiger partial charge in [-0.15, -0.1) is 0 Å². The number of carbonyl (C=O) groups is 2. The number of hydrogen-bond donors (Lipinski definition) is 2. The molecule has 7 nitrogen and oxygen atoms in total. The van der Waals surface area contributed by atoms with Crippen LogP contribution in [0.3, 0.4) is 0 Å². The number of ether oxygens (including phenoxy) is 1. The molecular formula is C21H31N3O4. The summed E-state index contributed by atoms with van der Waals surface area (Å²) in [5, 5.41) is 12.2.